The molecule has 3 rings (SSSR count). The Balaban J connectivity index is 1.90. The lowest BCUT2D eigenvalue weighted by Gasteiger charge is -2.38. The van der Waals surface area contributed by atoms with Gasteiger partial charge in [0.15, 0.2) is 0 Å². The Kier molecular flexibility index (Phi) is 0.883. The number of hydrogen-bond donors (Lipinski definition) is 1. The quantitative estimate of drug-likeness (QED) is 0.536. The number of fused-ring (bicyclic) bond motifs is 3. The molecule has 0 aromatic carbocycles. The van der Waals surface area contributed by atoms with Crippen LogP contribution in [0.2, 0.25) is 0 Å². The number of hydrogen-bond acceptors (Lipinski definition) is 1. The first-order valence-corrected chi connectivity index (χ1v) is 4.63. The van der Waals surface area contributed by atoms with E-state index in [0.717, 1.165) is 23.7 Å². The molecule has 5 atom stereocenters. The average Bonchev–Trinajstić information content (AvgIpc) is 1.84. The monoisotopic (exact) mass is 137 g/mol. The Bertz CT molecular complexity index is 121. The van der Waals surface area contributed by atoms with E-state index >= 15 is 0 Å². The molecule has 1 nitrogen and oxygen atoms in total. The van der Waals surface area contributed by atoms with Gasteiger partial charge in [-0.15, -0.1) is 0 Å². The third kappa shape index (κ3) is 0.430. The Hall–Kier alpha value is -0.0400. The molecule has 0 heterocycles. The lowest BCUT2D eigenvalue weighted by molar-refractivity contribution is 0.115. The summed E-state index contributed by atoms with van der Waals surface area (Å²) in [7, 11) is 0. The highest BCUT2D eigenvalue weighted by Gasteiger charge is 2.56. The third-order valence-electron chi connectivity index (χ3n) is 4.31. The van der Waals surface area contributed by atoms with Crippen LogP contribution in [0.4, 0.5) is 0 Å². The molecule has 56 valence electrons. The van der Waals surface area contributed by atoms with Gasteiger partial charge in [0.25, 0.3) is 0 Å². The average molecular weight is 137 g/mol. The van der Waals surface area contributed by atoms with Crippen molar-refractivity contribution in [3.05, 3.63) is 0 Å². The van der Waals surface area contributed by atoms with Crippen LogP contribution in [0, 0.1) is 23.7 Å². The molecule has 4 unspecified atom stereocenters. The van der Waals surface area contributed by atoms with Crippen molar-refractivity contribution in [2.24, 2.45) is 29.4 Å². The first kappa shape index (κ1) is 5.59. The molecule has 3 aliphatic rings. The fourth-order valence-corrected chi connectivity index (χ4v) is 3.44. The van der Waals surface area contributed by atoms with Crippen LogP contribution in [0.3, 0.4) is 0 Å². The molecule has 3 aliphatic carbocycles. The van der Waals surface area contributed by atoms with E-state index in [4.69, 9.17) is 5.73 Å². The van der Waals surface area contributed by atoms with Crippen molar-refractivity contribution >= 4 is 0 Å². The number of rotatable bonds is 0. The first-order valence-electron chi connectivity index (χ1n) is 4.63. The van der Waals surface area contributed by atoms with Gasteiger partial charge in [0, 0.05) is 6.04 Å². The largest absolute Gasteiger partial charge is 0.327 e. The molecule has 1 heteroatoms. The van der Waals surface area contributed by atoms with E-state index in [1.807, 2.05) is 0 Å². The molecule has 10 heavy (non-hydrogen) atoms. The SMILES string of the molecule is NC1C2CCC2[C@H]2CCC12. The van der Waals surface area contributed by atoms with Crippen LogP contribution in [0.15, 0.2) is 0 Å². The van der Waals surface area contributed by atoms with E-state index in [-0.39, 0.29) is 0 Å². The molecular weight excluding hydrogens is 122 g/mol. The van der Waals surface area contributed by atoms with E-state index < -0.39 is 0 Å². The van der Waals surface area contributed by atoms with Crippen molar-refractivity contribution in [3.63, 3.8) is 0 Å². The summed E-state index contributed by atoms with van der Waals surface area (Å²) in [6.07, 6.45) is 5.89. The van der Waals surface area contributed by atoms with Crippen molar-refractivity contribution in [3.8, 4) is 0 Å². The Morgan fingerprint density at radius 1 is 0.700 bits per heavy atom. The minimum atomic E-state index is 0.609. The highest BCUT2D eigenvalue weighted by molar-refractivity contribution is 5.08. The zero-order chi connectivity index (χ0) is 6.72. The first-order chi connectivity index (χ1) is 4.88. The molecule has 2 N–H and O–H groups in total. The van der Waals surface area contributed by atoms with Gasteiger partial charge in [-0.1, -0.05) is 0 Å². The molecule has 3 saturated carbocycles. The summed E-state index contributed by atoms with van der Waals surface area (Å²) in [5, 5.41) is 0. The second kappa shape index (κ2) is 1.58. The van der Waals surface area contributed by atoms with E-state index in [1.165, 1.54) is 25.7 Å². The summed E-state index contributed by atoms with van der Waals surface area (Å²) in [6.45, 7) is 0. The predicted molar refractivity (Wildman–Crippen MR) is 40.4 cm³/mol. The van der Waals surface area contributed by atoms with Gasteiger partial charge in [0.1, 0.15) is 0 Å². The maximum atomic E-state index is 6.11. The molecule has 0 aliphatic heterocycles. The zero-order valence-corrected chi connectivity index (χ0v) is 6.29. The summed E-state index contributed by atoms with van der Waals surface area (Å²) >= 11 is 0. The maximum Gasteiger partial charge on any atom is 0.0101 e. The molecule has 0 spiro atoms. The topological polar surface area (TPSA) is 26.0 Å². The van der Waals surface area contributed by atoms with Crippen molar-refractivity contribution in [2.45, 2.75) is 31.7 Å². The number of nitrogens with two attached hydrogens (primary N) is 1. The summed E-state index contributed by atoms with van der Waals surface area (Å²) in [5.41, 5.74) is 6.11. The lowest BCUT2D eigenvalue weighted by Crippen LogP contribution is -2.37. The molecule has 0 aromatic heterocycles. The summed E-state index contributed by atoms with van der Waals surface area (Å²) in [4.78, 5) is 0. The van der Waals surface area contributed by atoms with Gasteiger partial charge in [-0.3, -0.25) is 0 Å². The summed E-state index contributed by atoms with van der Waals surface area (Å²) in [6, 6.07) is 0.609. The van der Waals surface area contributed by atoms with Crippen LogP contribution in [-0.2, 0) is 0 Å². The molecule has 0 bridgehead atoms. The van der Waals surface area contributed by atoms with Gasteiger partial charge >= 0.3 is 0 Å². The molecule has 3 fully saturated rings. The Labute approximate surface area is 62.0 Å². The second-order valence-corrected chi connectivity index (χ2v) is 4.39. The van der Waals surface area contributed by atoms with Gasteiger partial charge in [0.05, 0.1) is 0 Å². The van der Waals surface area contributed by atoms with Crippen molar-refractivity contribution < 1.29 is 0 Å². The van der Waals surface area contributed by atoms with Gasteiger partial charge in [-0.2, -0.15) is 0 Å². The van der Waals surface area contributed by atoms with Crippen LogP contribution in [-0.4, -0.2) is 6.04 Å². The standard InChI is InChI=1S/C9H15N/c10-9-7-3-1-5(7)6-2-4-8(6)9/h5-9H,1-4,10H2/t5-,6?,7?,8?,9?/m1/s1. The van der Waals surface area contributed by atoms with E-state index in [2.05, 4.69) is 0 Å². The highest BCUT2D eigenvalue weighted by atomic mass is 14.8. The van der Waals surface area contributed by atoms with Crippen LogP contribution in [0.1, 0.15) is 25.7 Å². The molecule has 0 aromatic rings. The molecule has 0 saturated heterocycles. The lowest BCUT2D eigenvalue weighted by atomic mass is 9.67. The van der Waals surface area contributed by atoms with Crippen LogP contribution in [0.25, 0.3) is 0 Å². The highest BCUT2D eigenvalue weighted by Crippen LogP contribution is 2.60. The van der Waals surface area contributed by atoms with Crippen molar-refractivity contribution in [1.29, 1.82) is 0 Å². The summed E-state index contributed by atoms with van der Waals surface area (Å²) < 4.78 is 0. The molecular formula is C9H15N. The second-order valence-electron chi connectivity index (χ2n) is 4.39. The molecule has 0 radical (unpaired) electrons. The van der Waals surface area contributed by atoms with Gasteiger partial charge in [-0.05, 0) is 49.4 Å². The van der Waals surface area contributed by atoms with Crippen LogP contribution in [0.5, 0.6) is 0 Å². The van der Waals surface area contributed by atoms with E-state index in [0.29, 0.717) is 6.04 Å². The normalized spacial score (nSPS) is 63.9. The fraction of sp³-hybridized carbons (Fsp3) is 1.00. The maximum absolute atomic E-state index is 6.11. The van der Waals surface area contributed by atoms with Crippen LogP contribution < -0.4 is 5.73 Å². The van der Waals surface area contributed by atoms with Crippen molar-refractivity contribution in [2.75, 3.05) is 0 Å². The third-order valence-corrected chi connectivity index (χ3v) is 4.31. The van der Waals surface area contributed by atoms with Crippen LogP contribution >= 0.6 is 0 Å². The minimum Gasteiger partial charge on any atom is -0.327 e. The molecule has 0 amide bonds. The summed E-state index contributed by atoms with van der Waals surface area (Å²) in [5.74, 6) is 4.07. The fourth-order valence-electron chi connectivity index (χ4n) is 3.44. The Morgan fingerprint density at radius 2 is 1.10 bits per heavy atom. The van der Waals surface area contributed by atoms with Gasteiger partial charge in [0.2, 0.25) is 0 Å². The van der Waals surface area contributed by atoms with E-state index in [9.17, 15) is 0 Å². The minimum absolute atomic E-state index is 0.609. The van der Waals surface area contributed by atoms with E-state index in [1.54, 1.807) is 0 Å². The zero-order valence-electron chi connectivity index (χ0n) is 6.29. The smallest absolute Gasteiger partial charge is 0.0101 e. The van der Waals surface area contributed by atoms with Crippen molar-refractivity contribution in [1.82, 2.24) is 0 Å². The van der Waals surface area contributed by atoms with Gasteiger partial charge in [-0.25, -0.2) is 0 Å². The Morgan fingerprint density at radius 3 is 1.30 bits per heavy atom. The predicted octanol–water partition coefficient (Wildman–Crippen LogP) is 1.38. The van der Waals surface area contributed by atoms with Gasteiger partial charge < -0.3 is 5.73 Å².